The summed E-state index contributed by atoms with van der Waals surface area (Å²) in [6.45, 7) is 1.77. The third kappa shape index (κ3) is 3.63. The average molecular weight is 469 g/mol. The Hall–Kier alpha value is -2.77. The lowest BCUT2D eigenvalue weighted by atomic mass is 9.96. The van der Waals surface area contributed by atoms with E-state index >= 15 is 0 Å². The molecule has 4 rings (SSSR count). The maximum atomic E-state index is 13.3. The van der Waals surface area contributed by atoms with Crippen molar-refractivity contribution in [2.75, 3.05) is 7.11 Å². The molecule has 0 N–H and O–H groups in total. The molecular formula is C22H17BrN2O3S. The van der Waals surface area contributed by atoms with Crippen molar-refractivity contribution in [2.24, 2.45) is 4.99 Å². The van der Waals surface area contributed by atoms with Crippen LogP contribution in [0, 0.1) is 0 Å². The van der Waals surface area contributed by atoms with Gasteiger partial charge in [0.05, 0.1) is 29.0 Å². The number of carbonyl (C=O) groups is 1. The van der Waals surface area contributed by atoms with Gasteiger partial charge in [0.2, 0.25) is 0 Å². The minimum atomic E-state index is -0.579. The second-order valence-corrected chi connectivity index (χ2v) is 8.46. The monoisotopic (exact) mass is 468 g/mol. The normalized spacial score (nSPS) is 16.4. The van der Waals surface area contributed by atoms with Crippen LogP contribution < -0.4 is 14.9 Å². The number of rotatable bonds is 3. The van der Waals surface area contributed by atoms with E-state index in [-0.39, 0.29) is 5.56 Å². The highest BCUT2D eigenvalue weighted by Gasteiger charge is 2.32. The lowest BCUT2D eigenvalue weighted by Gasteiger charge is -2.24. The van der Waals surface area contributed by atoms with E-state index in [0.717, 1.165) is 15.6 Å². The summed E-state index contributed by atoms with van der Waals surface area (Å²) in [6, 6.07) is 16.6. The first-order valence-electron chi connectivity index (χ1n) is 8.91. The highest BCUT2D eigenvalue weighted by molar-refractivity contribution is 9.10. The Bertz CT molecular complexity index is 1310. The second kappa shape index (κ2) is 7.93. The van der Waals surface area contributed by atoms with Gasteiger partial charge in [-0.15, -0.1) is 0 Å². The van der Waals surface area contributed by atoms with Crippen LogP contribution in [0.5, 0.6) is 0 Å². The third-order valence-corrected chi connectivity index (χ3v) is 6.16. The van der Waals surface area contributed by atoms with Crippen molar-refractivity contribution in [3.05, 3.63) is 101 Å². The van der Waals surface area contributed by atoms with Gasteiger partial charge in [-0.2, -0.15) is 0 Å². The summed E-state index contributed by atoms with van der Waals surface area (Å²) in [7, 11) is 1.34. The molecule has 0 spiro atoms. The van der Waals surface area contributed by atoms with Crippen LogP contribution in [0.3, 0.4) is 0 Å². The van der Waals surface area contributed by atoms with E-state index in [0.29, 0.717) is 20.6 Å². The van der Waals surface area contributed by atoms with Gasteiger partial charge in [0.15, 0.2) is 4.80 Å². The summed E-state index contributed by atoms with van der Waals surface area (Å²) in [4.78, 5) is 31.0. The van der Waals surface area contributed by atoms with Crippen molar-refractivity contribution in [1.29, 1.82) is 0 Å². The van der Waals surface area contributed by atoms with Crippen LogP contribution in [0.15, 0.2) is 80.1 Å². The molecule has 1 aliphatic rings. The minimum Gasteiger partial charge on any atom is -0.466 e. The molecule has 0 bridgehead atoms. The van der Waals surface area contributed by atoms with Gasteiger partial charge in [-0.1, -0.05) is 69.7 Å². The van der Waals surface area contributed by atoms with Gasteiger partial charge in [-0.25, -0.2) is 9.79 Å². The molecule has 146 valence electrons. The fourth-order valence-corrected chi connectivity index (χ4v) is 4.85. The maximum absolute atomic E-state index is 13.3. The highest BCUT2D eigenvalue weighted by Crippen LogP contribution is 2.30. The summed E-state index contributed by atoms with van der Waals surface area (Å²) in [5.74, 6) is -0.485. The molecule has 1 aromatic heterocycles. The van der Waals surface area contributed by atoms with Gasteiger partial charge in [0.1, 0.15) is 0 Å². The van der Waals surface area contributed by atoms with Gasteiger partial charge < -0.3 is 4.74 Å². The molecule has 0 fully saturated rings. The van der Waals surface area contributed by atoms with E-state index in [1.807, 2.05) is 60.7 Å². The van der Waals surface area contributed by atoms with Gasteiger partial charge >= 0.3 is 5.97 Å². The number of halogens is 1. The molecule has 2 aromatic carbocycles. The van der Waals surface area contributed by atoms with Crippen LogP contribution in [0.1, 0.15) is 24.1 Å². The number of ether oxygens (including phenoxy) is 1. The first-order chi connectivity index (χ1) is 14.0. The number of nitrogens with zero attached hydrogens (tertiary/aromatic N) is 2. The van der Waals surface area contributed by atoms with E-state index in [2.05, 4.69) is 20.9 Å². The smallest absolute Gasteiger partial charge is 0.338 e. The van der Waals surface area contributed by atoms with E-state index in [1.54, 1.807) is 11.5 Å². The molecule has 0 unspecified atom stereocenters. The van der Waals surface area contributed by atoms with Crippen molar-refractivity contribution in [3.63, 3.8) is 0 Å². The van der Waals surface area contributed by atoms with Crippen molar-refractivity contribution < 1.29 is 9.53 Å². The number of carbonyl (C=O) groups excluding carboxylic acids is 1. The zero-order chi connectivity index (χ0) is 20.5. The number of allylic oxidation sites excluding steroid dienone is 1. The molecule has 1 aliphatic heterocycles. The van der Waals surface area contributed by atoms with Crippen molar-refractivity contribution >= 4 is 39.3 Å². The van der Waals surface area contributed by atoms with Gasteiger partial charge in [-0.3, -0.25) is 9.36 Å². The van der Waals surface area contributed by atoms with Crippen LogP contribution in [-0.2, 0) is 9.53 Å². The van der Waals surface area contributed by atoms with Crippen LogP contribution >= 0.6 is 27.3 Å². The molecular weight excluding hydrogens is 452 g/mol. The fourth-order valence-electron chi connectivity index (χ4n) is 3.39. The molecule has 29 heavy (non-hydrogen) atoms. The van der Waals surface area contributed by atoms with Crippen LogP contribution in [0.25, 0.3) is 6.08 Å². The zero-order valence-electron chi connectivity index (χ0n) is 15.8. The molecule has 0 saturated heterocycles. The van der Waals surface area contributed by atoms with Gasteiger partial charge in [0.25, 0.3) is 5.56 Å². The number of hydrogen-bond acceptors (Lipinski definition) is 5. The largest absolute Gasteiger partial charge is 0.466 e. The van der Waals surface area contributed by atoms with Crippen molar-refractivity contribution in [1.82, 2.24) is 4.57 Å². The molecule has 0 saturated carbocycles. The molecule has 1 atom stereocenters. The SMILES string of the molecule is COC(=O)C1=C(C)N=c2sc(=Cc3cccc(Br)c3)c(=O)n2[C@H]1c1ccccc1. The number of fused-ring (bicyclic) bond motifs is 1. The van der Waals surface area contributed by atoms with E-state index in [1.165, 1.54) is 18.4 Å². The molecule has 0 radical (unpaired) electrons. The zero-order valence-corrected chi connectivity index (χ0v) is 18.2. The summed E-state index contributed by atoms with van der Waals surface area (Å²) in [5.41, 5.74) is 2.49. The first kappa shape index (κ1) is 19.5. The maximum Gasteiger partial charge on any atom is 0.338 e. The molecule has 3 aromatic rings. The number of methoxy groups -OCH3 is 1. The number of benzene rings is 2. The Balaban J connectivity index is 1.98. The number of esters is 1. The van der Waals surface area contributed by atoms with Crippen LogP contribution in [0.2, 0.25) is 0 Å². The third-order valence-electron chi connectivity index (χ3n) is 4.69. The number of thiazole rings is 1. The van der Waals surface area contributed by atoms with Gasteiger partial charge in [0, 0.05) is 4.47 Å². The number of aromatic nitrogens is 1. The lowest BCUT2D eigenvalue weighted by molar-refractivity contribution is -0.136. The standard InChI is InChI=1S/C22H17BrN2O3S/c1-13-18(21(27)28-2)19(15-8-4-3-5-9-15)25-20(26)17(29-22(25)24-13)12-14-7-6-10-16(23)11-14/h3-12,19H,1-2H3/t19-/m0/s1. The van der Waals surface area contributed by atoms with Crippen molar-refractivity contribution in [3.8, 4) is 0 Å². The lowest BCUT2D eigenvalue weighted by Crippen LogP contribution is -2.39. The summed E-state index contributed by atoms with van der Waals surface area (Å²) >= 11 is 4.77. The predicted molar refractivity (Wildman–Crippen MR) is 116 cm³/mol. The first-order valence-corrected chi connectivity index (χ1v) is 10.5. The molecule has 5 nitrogen and oxygen atoms in total. The van der Waals surface area contributed by atoms with E-state index in [9.17, 15) is 9.59 Å². The highest BCUT2D eigenvalue weighted by atomic mass is 79.9. The quantitative estimate of drug-likeness (QED) is 0.554. The van der Waals surface area contributed by atoms with E-state index < -0.39 is 12.0 Å². The Morgan fingerprint density at radius 3 is 2.66 bits per heavy atom. The molecule has 2 heterocycles. The topological polar surface area (TPSA) is 60.7 Å². The summed E-state index contributed by atoms with van der Waals surface area (Å²) in [6.07, 6.45) is 1.84. The predicted octanol–water partition coefficient (Wildman–Crippen LogP) is 3.17. The van der Waals surface area contributed by atoms with Crippen LogP contribution in [0.4, 0.5) is 0 Å². The summed E-state index contributed by atoms with van der Waals surface area (Å²) in [5, 5.41) is 0. The van der Waals surface area contributed by atoms with E-state index in [4.69, 9.17) is 4.74 Å². The Labute approximate surface area is 179 Å². The second-order valence-electron chi connectivity index (χ2n) is 6.54. The molecule has 0 aliphatic carbocycles. The molecule has 7 heteroatoms. The fraction of sp³-hybridized carbons (Fsp3) is 0.136. The number of hydrogen-bond donors (Lipinski definition) is 0. The molecule has 0 amide bonds. The van der Waals surface area contributed by atoms with Gasteiger partial charge in [-0.05, 0) is 36.3 Å². The average Bonchev–Trinajstić information content (AvgIpc) is 3.02. The Morgan fingerprint density at radius 1 is 1.21 bits per heavy atom. The Kier molecular flexibility index (Phi) is 5.34. The summed E-state index contributed by atoms with van der Waals surface area (Å²) < 4.78 is 8.08. The van der Waals surface area contributed by atoms with Crippen LogP contribution in [-0.4, -0.2) is 17.6 Å². The van der Waals surface area contributed by atoms with Crippen molar-refractivity contribution in [2.45, 2.75) is 13.0 Å². The Morgan fingerprint density at radius 2 is 1.97 bits per heavy atom. The minimum absolute atomic E-state index is 0.184.